The maximum Gasteiger partial charge on any atom is 0.128 e. The quantitative estimate of drug-likeness (QED) is 0.858. The Morgan fingerprint density at radius 2 is 1.80 bits per heavy atom. The summed E-state index contributed by atoms with van der Waals surface area (Å²) in [6.07, 6.45) is 0. The second-order valence-corrected chi connectivity index (χ2v) is 7.44. The monoisotopic (exact) mass is 292 g/mol. The Balaban J connectivity index is 2.04. The number of nitriles is 1. The van der Waals surface area contributed by atoms with Gasteiger partial charge in [-0.2, -0.15) is 5.26 Å². The van der Waals surface area contributed by atoms with Gasteiger partial charge in [0.2, 0.25) is 0 Å². The van der Waals surface area contributed by atoms with Crippen LogP contribution in [0.25, 0.3) is 0 Å². The van der Waals surface area contributed by atoms with Crippen molar-refractivity contribution >= 4 is 11.3 Å². The number of nitrogens with zero attached hydrogens (tertiary/aromatic N) is 4. The summed E-state index contributed by atoms with van der Waals surface area (Å²) in [4.78, 5) is 10.4. The standard InChI is InChI=1S/C15H24N4S/c1-5-18-6-8-19(9-7-18)11-13-17-14(15(2,3)4)12(10-16)20-13/h5-9,11H2,1-4H3. The summed E-state index contributed by atoms with van der Waals surface area (Å²) in [5.74, 6) is 0. The molecule has 1 aromatic rings. The lowest BCUT2D eigenvalue weighted by atomic mass is 9.91. The van der Waals surface area contributed by atoms with Gasteiger partial charge in [-0.05, 0) is 6.54 Å². The molecule has 0 aliphatic carbocycles. The number of piperazine rings is 1. The number of rotatable bonds is 3. The van der Waals surface area contributed by atoms with Crippen LogP contribution in [0, 0.1) is 11.3 Å². The van der Waals surface area contributed by atoms with Gasteiger partial charge in [0.1, 0.15) is 16.0 Å². The van der Waals surface area contributed by atoms with E-state index < -0.39 is 0 Å². The van der Waals surface area contributed by atoms with E-state index in [1.807, 2.05) is 0 Å². The lowest BCUT2D eigenvalue weighted by Crippen LogP contribution is -2.45. The van der Waals surface area contributed by atoms with Crippen molar-refractivity contribution in [2.24, 2.45) is 0 Å². The number of hydrogen-bond acceptors (Lipinski definition) is 5. The zero-order valence-electron chi connectivity index (χ0n) is 12.9. The molecule has 110 valence electrons. The van der Waals surface area contributed by atoms with E-state index >= 15 is 0 Å². The molecule has 0 N–H and O–H groups in total. The molecular weight excluding hydrogens is 268 g/mol. The van der Waals surface area contributed by atoms with Crippen LogP contribution in [-0.4, -0.2) is 47.5 Å². The highest BCUT2D eigenvalue weighted by Gasteiger charge is 2.24. The Morgan fingerprint density at radius 3 is 2.25 bits per heavy atom. The summed E-state index contributed by atoms with van der Waals surface area (Å²) in [5.41, 5.74) is 0.896. The molecular formula is C15H24N4S. The third-order valence-corrected chi connectivity index (χ3v) is 4.70. The summed E-state index contributed by atoms with van der Waals surface area (Å²) in [6, 6.07) is 2.31. The molecule has 20 heavy (non-hydrogen) atoms. The Hall–Kier alpha value is -0.960. The van der Waals surface area contributed by atoms with Crippen LogP contribution in [0.1, 0.15) is 43.3 Å². The van der Waals surface area contributed by atoms with E-state index in [-0.39, 0.29) is 5.41 Å². The van der Waals surface area contributed by atoms with Crippen molar-refractivity contribution in [2.45, 2.75) is 39.7 Å². The zero-order valence-corrected chi connectivity index (χ0v) is 13.8. The van der Waals surface area contributed by atoms with Gasteiger partial charge in [-0.3, -0.25) is 4.90 Å². The van der Waals surface area contributed by atoms with Crippen molar-refractivity contribution in [1.29, 1.82) is 5.26 Å². The van der Waals surface area contributed by atoms with Crippen molar-refractivity contribution in [2.75, 3.05) is 32.7 Å². The number of likely N-dealkylation sites (N-methyl/N-ethyl adjacent to an activating group) is 1. The molecule has 0 bridgehead atoms. The number of thiazole rings is 1. The highest BCUT2D eigenvalue weighted by molar-refractivity contribution is 7.12. The summed E-state index contributed by atoms with van der Waals surface area (Å²) in [5, 5.41) is 10.3. The molecule has 0 saturated carbocycles. The lowest BCUT2D eigenvalue weighted by Gasteiger charge is -2.33. The third-order valence-electron chi connectivity index (χ3n) is 3.75. The SMILES string of the molecule is CCN1CCN(Cc2nc(C(C)(C)C)c(C#N)s2)CC1. The zero-order chi connectivity index (χ0) is 14.8. The van der Waals surface area contributed by atoms with E-state index in [4.69, 9.17) is 4.98 Å². The van der Waals surface area contributed by atoms with Crippen LogP contribution in [0.4, 0.5) is 0 Å². The minimum atomic E-state index is -0.0548. The molecule has 1 aliphatic rings. The first-order valence-electron chi connectivity index (χ1n) is 7.29. The van der Waals surface area contributed by atoms with Gasteiger partial charge in [-0.1, -0.05) is 27.7 Å². The van der Waals surface area contributed by atoms with Crippen LogP contribution in [0.15, 0.2) is 0 Å². The Kier molecular flexibility index (Phi) is 4.79. The second-order valence-electron chi connectivity index (χ2n) is 6.36. The molecule has 0 aromatic carbocycles. The Morgan fingerprint density at radius 1 is 1.20 bits per heavy atom. The summed E-state index contributed by atoms with van der Waals surface area (Å²) >= 11 is 1.56. The van der Waals surface area contributed by atoms with Crippen LogP contribution < -0.4 is 0 Å². The molecule has 1 saturated heterocycles. The van der Waals surface area contributed by atoms with Gasteiger partial charge in [-0.15, -0.1) is 11.3 Å². The van der Waals surface area contributed by atoms with E-state index in [2.05, 4.69) is 43.6 Å². The molecule has 0 amide bonds. The smallest absolute Gasteiger partial charge is 0.128 e. The van der Waals surface area contributed by atoms with Crippen molar-refractivity contribution in [1.82, 2.24) is 14.8 Å². The summed E-state index contributed by atoms with van der Waals surface area (Å²) < 4.78 is 0. The third kappa shape index (κ3) is 3.57. The predicted molar refractivity (Wildman–Crippen MR) is 82.9 cm³/mol. The van der Waals surface area contributed by atoms with Crippen molar-refractivity contribution < 1.29 is 0 Å². The van der Waals surface area contributed by atoms with E-state index in [1.165, 1.54) is 0 Å². The van der Waals surface area contributed by atoms with Crippen LogP contribution in [0.3, 0.4) is 0 Å². The molecule has 2 rings (SSSR count). The highest BCUT2D eigenvalue weighted by atomic mass is 32.1. The average molecular weight is 292 g/mol. The fourth-order valence-electron chi connectivity index (χ4n) is 2.47. The van der Waals surface area contributed by atoms with E-state index in [1.54, 1.807) is 11.3 Å². The molecule has 0 unspecified atom stereocenters. The van der Waals surface area contributed by atoms with Crippen molar-refractivity contribution in [3.05, 3.63) is 15.6 Å². The van der Waals surface area contributed by atoms with Crippen LogP contribution in [0.2, 0.25) is 0 Å². The molecule has 1 fully saturated rings. The maximum atomic E-state index is 9.27. The van der Waals surface area contributed by atoms with E-state index in [0.29, 0.717) is 0 Å². The minimum absolute atomic E-state index is 0.0548. The van der Waals surface area contributed by atoms with E-state index in [9.17, 15) is 5.26 Å². The molecule has 0 atom stereocenters. The molecule has 5 heteroatoms. The first kappa shape index (κ1) is 15.4. The van der Waals surface area contributed by atoms with Gasteiger partial charge < -0.3 is 4.90 Å². The number of aromatic nitrogens is 1. The van der Waals surface area contributed by atoms with Crippen LogP contribution in [0.5, 0.6) is 0 Å². The summed E-state index contributed by atoms with van der Waals surface area (Å²) in [6.45, 7) is 15.1. The van der Waals surface area contributed by atoms with E-state index in [0.717, 1.165) is 54.8 Å². The molecule has 1 aromatic heterocycles. The fourth-order valence-corrected chi connectivity index (χ4v) is 3.58. The van der Waals surface area contributed by atoms with Crippen molar-refractivity contribution in [3.8, 4) is 6.07 Å². The maximum absolute atomic E-state index is 9.27. The van der Waals surface area contributed by atoms with Gasteiger partial charge in [-0.25, -0.2) is 4.98 Å². The second kappa shape index (κ2) is 6.21. The molecule has 2 heterocycles. The Bertz CT molecular complexity index is 487. The van der Waals surface area contributed by atoms with Gasteiger partial charge in [0, 0.05) is 31.6 Å². The lowest BCUT2D eigenvalue weighted by molar-refractivity contribution is 0.132. The van der Waals surface area contributed by atoms with Gasteiger partial charge in [0.25, 0.3) is 0 Å². The van der Waals surface area contributed by atoms with Crippen LogP contribution >= 0.6 is 11.3 Å². The Labute approximate surface area is 126 Å². The number of hydrogen-bond donors (Lipinski definition) is 0. The first-order chi connectivity index (χ1) is 9.44. The first-order valence-corrected chi connectivity index (χ1v) is 8.10. The van der Waals surface area contributed by atoms with Gasteiger partial charge in [0.15, 0.2) is 0 Å². The largest absolute Gasteiger partial charge is 0.301 e. The fraction of sp³-hybridized carbons (Fsp3) is 0.733. The molecule has 4 nitrogen and oxygen atoms in total. The summed E-state index contributed by atoms with van der Waals surface area (Å²) in [7, 11) is 0. The minimum Gasteiger partial charge on any atom is -0.301 e. The van der Waals surface area contributed by atoms with Crippen LogP contribution in [-0.2, 0) is 12.0 Å². The topological polar surface area (TPSA) is 43.2 Å². The van der Waals surface area contributed by atoms with Gasteiger partial charge in [0.05, 0.1) is 12.2 Å². The predicted octanol–water partition coefficient (Wildman–Crippen LogP) is 2.45. The van der Waals surface area contributed by atoms with Crippen molar-refractivity contribution in [3.63, 3.8) is 0 Å². The molecule has 1 aliphatic heterocycles. The highest BCUT2D eigenvalue weighted by Crippen LogP contribution is 2.29. The molecule has 0 spiro atoms. The normalized spacial score (nSPS) is 18.1. The molecule has 0 radical (unpaired) electrons. The average Bonchev–Trinajstić information content (AvgIpc) is 2.83. The van der Waals surface area contributed by atoms with Gasteiger partial charge >= 0.3 is 0 Å².